The van der Waals surface area contributed by atoms with Gasteiger partial charge in [-0.2, -0.15) is 0 Å². The van der Waals surface area contributed by atoms with E-state index >= 15 is 0 Å². The van der Waals surface area contributed by atoms with Gasteiger partial charge >= 0.3 is 5.97 Å². The van der Waals surface area contributed by atoms with Gasteiger partial charge in [-0.15, -0.1) is 0 Å². The van der Waals surface area contributed by atoms with Gasteiger partial charge in [0.2, 0.25) is 0 Å². The lowest BCUT2D eigenvalue weighted by Crippen LogP contribution is -2.11. The van der Waals surface area contributed by atoms with Crippen LogP contribution in [0.25, 0.3) is 16.7 Å². The Labute approximate surface area is 142 Å². The molecule has 126 valence electrons. The van der Waals surface area contributed by atoms with Gasteiger partial charge in [0.25, 0.3) is 0 Å². The van der Waals surface area contributed by atoms with E-state index in [1.54, 1.807) is 19.1 Å². The van der Waals surface area contributed by atoms with E-state index < -0.39 is 5.97 Å². The molecule has 0 heterocycles. The van der Waals surface area contributed by atoms with Crippen LogP contribution in [0.3, 0.4) is 0 Å². The topological polar surface area (TPSA) is 29.5 Å². The van der Waals surface area contributed by atoms with Gasteiger partial charge in [0.05, 0.1) is 7.11 Å². The fourth-order valence-electron chi connectivity index (χ4n) is 2.56. The predicted molar refractivity (Wildman–Crippen MR) is 94.9 cm³/mol. The molecule has 0 unspecified atom stereocenters. The average Bonchev–Trinajstić information content (AvgIpc) is 2.55. The van der Waals surface area contributed by atoms with Crippen molar-refractivity contribution in [3.05, 3.63) is 65.5 Å². The van der Waals surface area contributed by atoms with Crippen LogP contribution in [0.2, 0.25) is 0 Å². The Morgan fingerprint density at radius 2 is 1.88 bits per heavy atom. The van der Waals surface area contributed by atoms with Crippen molar-refractivity contribution in [2.45, 2.75) is 13.5 Å². The van der Waals surface area contributed by atoms with Crippen LogP contribution in [-0.2, 0) is 16.1 Å². The van der Waals surface area contributed by atoms with Crippen molar-refractivity contribution in [1.82, 2.24) is 4.90 Å². The molecule has 3 nitrogen and oxygen atoms in total. The van der Waals surface area contributed by atoms with Crippen molar-refractivity contribution in [3.63, 3.8) is 0 Å². The maximum Gasteiger partial charge on any atom is 0.330 e. The molecule has 0 radical (unpaired) electrons. The maximum absolute atomic E-state index is 14.4. The second-order valence-electron chi connectivity index (χ2n) is 5.94. The highest BCUT2D eigenvalue weighted by molar-refractivity contribution is 5.91. The Morgan fingerprint density at radius 1 is 1.17 bits per heavy atom. The molecule has 24 heavy (non-hydrogen) atoms. The minimum absolute atomic E-state index is 0.282. The first-order valence-corrected chi connectivity index (χ1v) is 7.71. The number of ether oxygens (including phenoxy) is 1. The summed E-state index contributed by atoms with van der Waals surface area (Å²) in [6.45, 7) is 2.52. The molecule has 2 aromatic rings. The molecule has 0 saturated carbocycles. The minimum Gasteiger partial charge on any atom is -0.466 e. The van der Waals surface area contributed by atoms with Crippen molar-refractivity contribution in [2.75, 3.05) is 21.2 Å². The van der Waals surface area contributed by atoms with Crippen molar-refractivity contribution in [2.24, 2.45) is 0 Å². The van der Waals surface area contributed by atoms with E-state index in [4.69, 9.17) is 0 Å². The van der Waals surface area contributed by atoms with Gasteiger partial charge in [-0.1, -0.05) is 30.3 Å². The summed E-state index contributed by atoms with van der Waals surface area (Å²) in [7, 11) is 5.29. The number of nitrogens with zero attached hydrogens (tertiary/aromatic N) is 1. The standard InChI is InChI=1S/C20H22FNO2/c1-14(11-20(23)24-4)15-9-10-19(21)18(12-15)17-8-6-5-7-16(17)13-22(2)3/h5-12H,13H2,1-4H3/b14-11+. The van der Waals surface area contributed by atoms with Crippen LogP contribution in [0.5, 0.6) is 0 Å². The SMILES string of the molecule is COC(=O)/C=C(\C)c1ccc(F)c(-c2ccccc2CN(C)C)c1. The summed E-state index contributed by atoms with van der Waals surface area (Å²) in [5.74, 6) is -0.706. The van der Waals surface area contributed by atoms with Crippen molar-refractivity contribution in [3.8, 4) is 11.1 Å². The number of hydrogen-bond donors (Lipinski definition) is 0. The fraction of sp³-hybridized carbons (Fsp3) is 0.250. The second kappa shape index (κ2) is 7.88. The molecule has 0 aromatic heterocycles. The van der Waals surface area contributed by atoms with E-state index in [1.807, 2.05) is 43.3 Å². The van der Waals surface area contributed by atoms with Crippen molar-refractivity contribution >= 4 is 11.5 Å². The molecule has 0 bridgehead atoms. The van der Waals surface area contributed by atoms with Gasteiger partial charge in [0, 0.05) is 18.2 Å². The zero-order chi connectivity index (χ0) is 17.7. The molecule has 2 aromatic carbocycles. The Morgan fingerprint density at radius 3 is 2.54 bits per heavy atom. The van der Waals surface area contributed by atoms with Gasteiger partial charge in [0.15, 0.2) is 0 Å². The molecule has 4 heteroatoms. The monoisotopic (exact) mass is 327 g/mol. The van der Waals surface area contributed by atoms with Gasteiger partial charge < -0.3 is 9.64 Å². The van der Waals surface area contributed by atoms with Crippen LogP contribution in [0.15, 0.2) is 48.5 Å². The van der Waals surface area contributed by atoms with Crippen LogP contribution in [-0.4, -0.2) is 32.1 Å². The summed E-state index contributed by atoms with van der Waals surface area (Å²) >= 11 is 0. The normalized spacial score (nSPS) is 11.7. The van der Waals surface area contributed by atoms with Crippen LogP contribution in [0, 0.1) is 5.82 Å². The molecule has 0 amide bonds. The summed E-state index contributed by atoms with van der Waals surface area (Å²) in [5.41, 5.74) is 3.96. The number of allylic oxidation sites excluding steroid dienone is 1. The Kier molecular flexibility index (Phi) is 5.88. The van der Waals surface area contributed by atoms with Gasteiger partial charge in [0.1, 0.15) is 5.82 Å². The van der Waals surface area contributed by atoms with Crippen LogP contribution < -0.4 is 0 Å². The highest BCUT2D eigenvalue weighted by atomic mass is 19.1. The number of esters is 1. The number of benzene rings is 2. The number of hydrogen-bond acceptors (Lipinski definition) is 3. The van der Waals surface area contributed by atoms with Gasteiger partial charge in [-0.05, 0) is 55.4 Å². The van der Waals surface area contributed by atoms with Crippen LogP contribution in [0.1, 0.15) is 18.1 Å². The van der Waals surface area contributed by atoms with E-state index in [0.29, 0.717) is 5.56 Å². The largest absolute Gasteiger partial charge is 0.466 e. The molecule has 0 saturated heterocycles. The van der Waals surface area contributed by atoms with Crippen molar-refractivity contribution < 1.29 is 13.9 Å². The smallest absolute Gasteiger partial charge is 0.330 e. The highest BCUT2D eigenvalue weighted by Crippen LogP contribution is 2.30. The summed E-state index contributed by atoms with van der Waals surface area (Å²) in [5, 5.41) is 0. The first kappa shape index (κ1) is 17.9. The third-order valence-electron chi connectivity index (χ3n) is 3.75. The molecule has 0 atom stereocenters. The van der Waals surface area contributed by atoms with E-state index in [-0.39, 0.29) is 5.82 Å². The summed E-state index contributed by atoms with van der Waals surface area (Å²) in [6.07, 6.45) is 1.41. The molecule has 2 rings (SSSR count). The molecule has 0 spiro atoms. The fourth-order valence-corrected chi connectivity index (χ4v) is 2.56. The predicted octanol–water partition coefficient (Wildman–Crippen LogP) is 4.13. The number of halogens is 1. The maximum atomic E-state index is 14.4. The molecule has 0 fully saturated rings. The zero-order valence-electron chi connectivity index (χ0n) is 14.5. The van der Waals surface area contributed by atoms with Gasteiger partial charge in [-0.3, -0.25) is 0 Å². The molecular weight excluding hydrogens is 305 g/mol. The van der Waals surface area contributed by atoms with E-state index in [2.05, 4.69) is 4.74 Å². The highest BCUT2D eigenvalue weighted by Gasteiger charge is 2.12. The summed E-state index contributed by atoms with van der Waals surface area (Å²) in [6, 6.07) is 12.6. The van der Waals surface area contributed by atoms with Crippen LogP contribution >= 0.6 is 0 Å². The number of carbonyl (C=O) groups excluding carboxylic acids is 1. The zero-order valence-corrected chi connectivity index (χ0v) is 14.5. The third kappa shape index (κ3) is 4.30. The minimum atomic E-state index is -0.425. The number of rotatable bonds is 5. The lowest BCUT2D eigenvalue weighted by Gasteiger charge is -2.15. The van der Waals surface area contributed by atoms with Gasteiger partial charge in [-0.25, -0.2) is 9.18 Å². The average molecular weight is 327 g/mol. The lowest BCUT2D eigenvalue weighted by molar-refractivity contribution is -0.134. The summed E-state index contributed by atoms with van der Waals surface area (Å²) in [4.78, 5) is 13.5. The van der Waals surface area contributed by atoms with E-state index in [0.717, 1.165) is 28.8 Å². The molecule has 0 aliphatic rings. The number of methoxy groups -OCH3 is 1. The molecule has 0 aliphatic heterocycles. The first-order valence-electron chi connectivity index (χ1n) is 7.71. The third-order valence-corrected chi connectivity index (χ3v) is 3.75. The molecule has 0 N–H and O–H groups in total. The Hall–Kier alpha value is -2.46. The van der Waals surface area contributed by atoms with E-state index in [9.17, 15) is 9.18 Å². The summed E-state index contributed by atoms with van der Waals surface area (Å²) < 4.78 is 19.1. The van der Waals surface area contributed by atoms with Crippen LogP contribution in [0.4, 0.5) is 4.39 Å². The van der Waals surface area contributed by atoms with Crippen molar-refractivity contribution in [1.29, 1.82) is 0 Å². The Bertz CT molecular complexity index is 766. The second-order valence-corrected chi connectivity index (χ2v) is 5.94. The Balaban J connectivity index is 2.51. The first-order chi connectivity index (χ1) is 11.4. The quantitative estimate of drug-likeness (QED) is 0.611. The molecular formula is C20H22FNO2. The van der Waals surface area contributed by atoms with E-state index in [1.165, 1.54) is 19.3 Å². The number of carbonyl (C=O) groups is 1. The lowest BCUT2D eigenvalue weighted by atomic mass is 9.95. The molecule has 0 aliphatic carbocycles.